The Balaban J connectivity index is 0.00000243. The Kier molecular flexibility index (Phi) is 6.76. The van der Waals surface area contributed by atoms with Crippen LogP contribution in [0.15, 0.2) is 9.31 Å². The van der Waals surface area contributed by atoms with Crippen molar-refractivity contribution in [2.75, 3.05) is 26.7 Å². The maximum absolute atomic E-state index is 13.1. The molecule has 0 aromatic carbocycles. The summed E-state index contributed by atoms with van der Waals surface area (Å²) >= 11 is 0. The summed E-state index contributed by atoms with van der Waals surface area (Å²) in [7, 11) is -2.55. The van der Waals surface area contributed by atoms with Crippen molar-refractivity contribution in [2.24, 2.45) is 5.92 Å². The predicted octanol–water partition coefficient (Wildman–Crippen LogP) is 2.26. The number of aryl methyl sites for hydroxylation is 2. The number of carbonyl (C=O) groups is 1. The van der Waals surface area contributed by atoms with Crippen LogP contribution in [0.4, 0.5) is 0 Å². The van der Waals surface area contributed by atoms with Gasteiger partial charge in [0.2, 0.25) is 10.0 Å². The molecule has 1 aromatic rings. The van der Waals surface area contributed by atoms with E-state index in [1.165, 1.54) is 24.3 Å². The van der Waals surface area contributed by atoms with Gasteiger partial charge in [-0.05, 0) is 52.0 Å². The second-order valence-corrected chi connectivity index (χ2v) is 8.73. The Morgan fingerprint density at radius 3 is 2.38 bits per heavy atom. The molecule has 0 spiro atoms. The molecule has 1 unspecified atom stereocenters. The summed E-state index contributed by atoms with van der Waals surface area (Å²) in [5.74, 6) is 0.338. The second kappa shape index (κ2) is 8.29. The molecule has 1 atom stereocenters. The summed E-state index contributed by atoms with van der Waals surface area (Å²) < 4.78 is 37.9. The van der Waals surface area contributed by atoms with Crippen LogP contribution in [0.3, 0.4) is 0 Å². The smallest absolute Gasteiger partial charge is 0.342 e. The standard InChI is InChI=1S/C17H26N2O5S.ClH/c1-11-15(17(20)23-3)16(12(2)24-11)25(21,22)19-9-6-13(7-10-19)14-5-4-8-18-14;/h13-14,18H,4-10H2,1-3H3;1H. The molecule has 0 amide bonds. The van der Waals surface area contributed by atoms with E-state index in [1.807, 2.05) is 0 Å². The van der Waals surface area contributed by atoms with Crippen molar-refractivity contribution >= 4 is 28.4 Å². The highest BCUT2D eigenvalue weighted by Gasteiger charge is 2.38. The number of esters is 1. The van der Waals surface area contributed by atoms with Gasteiger partial charge in [-0.1, -0.05) is 0 Å². The first kappa shape index (κ1) is 21.2. The maximum Gasteiger partial charge on any atom is 0.342 e. The van der Waals surface area contributed by atoms with Crippen molar-refractivity contribution in [3.63, 3.8) is 0 Å². The fraction of sp³-hybridized carbons (Fsp3) is 0.706. The van der Waals surface area contributed by atoms with Crippen LogP contribution in [0.2, 0.25) is 0 Å². The number of sulfonamides is 1. The number of hydrogen-bond donors (Lipinski definition) is 1. The zero-order chi connectivity index (χ0) is 18.2. The van der Waals surface area contributed by atoms with Gasteiger partial charge >= 0.3 is 5.97 Å². The van der Waals surface area contributed by atoms with Gasteiger partial charge in [-0.15, -0.1) is 12.4 Å². The number of rotatable bonds is 4. The number of nitrogens with one attached hydrogen (secondary N) is 1. The van der Waals surface area contributed by atoms with Crippen LogP contribution in [0.25, 0.3) is 0 Å². The molecule has 2 saturated heterocycles. The summed E-state index contributed by atoms with van der Waals surface area (Å²) in [5, 5.41) is 3.51. The van der Waals surface area contributed by atoms with Crippen molar-refractivity contribution in [1.82, 2.24) is 9.62 Å². The van der Waals surface area contributed by atoms with Crippen molar-refractivity contribution in [1.29, 1.82) is 0 Å². The number of methoxy groups -OCH3 is 1. The normalized spacial score (nSPS) is 22.2. The number of halogens is 1. The third-order valence-electron chi connectivity index (χ3n) is 5.36. The van der Waals surface area contributed by atoms with Gasteiger partial charge < -0.3 is 14.5 Å². The van der Waals surface area contributed by atoms with E-state index >= 15 is 0 Å². The summed E-state index contributed by atoms with van der Waals surface area (Å²) in [4.78, 5) is 12.0. The lowest BCUT2D eigenvalue weighted by atomic mass is 9.89. The third kappa shape index (κ3) is 3.78. The minimum absolute atomic E-state index is 0. The van der Waals surface area contributed by atoms with E-state index in [4.69, 9.17) is 9.15 Å². The predicted molar refractivity (Wildman–Crippen MR) is 99.3 cm³/mol. The van der Waals surface area contributed by atoms with Gasteiger partial charge in [-0.2, -0.15) is 4.31 Å². The fourth-order valence-corrected chi connectivity index (χ4v) is 5.91. The van der Waals surface area contributed by atoms with Crippen molar-refractivity contribution < 1.29 is 22.4 Å². The van der Waals surface area contributed by atoms with Gasteiger partial charge in [0.15, 0.2) is 0 Å². The molecule has 2 fully saturated rings. The molecule has 0 radical (unpaired) electrons. The fourth-order valence-electron chi connectivity index (χ4n) is 4.07. The largest absolute Gasteiger partial charge is 0.465 e. The highest BCUT2D eigenvalue weighted by molar-refractivity contribution is 7.89. The van der Waals surface area contributed by atoms with Crippen LogP contribution in [-0.2, 0) is 14.8 Å². The molecular formula is C17H27ClN2O5S. The monoisotopic (exact) mass is 406 g/mol. The first-order valence-corrected chi connectivity index (χ1v) is 10.2. The lowest BCUT2D eigenvalue weighted by molar-refractivity contribution is 0.0594. The first-order valence-electron chi connectivity index (χ1n) is 8.78. The zero-order valence-electron chi connectivity index (χ0n) is 15.4. The van der Waals surface area contributed by atoms with Gasteiger partial charge in [-0.3, -0.25) is 0 Å². The summed E-state index contributed by atoms with van der Waals surface area (Å²) in [6.07, 6.45) is 4.03. The Morgan fingerprint density at radius 2 is 1.85 bits per heavy atom. The van der Waals surface area contributed by atoms with E-state index in [0.717, 1.165) is 19.4 Å². The maximum atomic E-state index is 13.1. The number of piperidine rings is 1. The first-order chi connectivity index (χ1) is 11.9. The number of nitrogens with zero attached hydrogens (tertiary/aromatic N) is 1. The van der Waals surface area contributed by atoms with Crippen LogP contribution in [0, 0.1) is 19.8 Å². The van der Waals surface area contributed by atoms with Gasteiger partial charge in [0.25, 0.3) is 0 Å². The lowest BCUT2D eigenvalue weighted by Crippen LogP contribution is -2.43. The zero-order valence-corrected chi connectivity index (χ0v) is 17.0. The quantitative estimate of drug-likeness (QED) is 0.771. The molecule has 1 aromatic heterocycles. The summed E-state index contributed by atoms with van der Waals surface area (Å²) in [5.41, 5.74) is 0.0135. The van der Waals surface area contributed by atoms with E-state index in [-0.39, 0.29) is 34.4 Å². The Morgan fingerprint density at radius 1 is 1.19 bits per heavy atom. The van der Waals surface area contributed by atoms with Crippen LogP contribution in [-0.4, -0.2) is 51.5 Å². The van der Waals surface area contributed by atoms with E-state index in [0.29, 0.717) is 25.0 Å². The molecular weight excluding hydrogens is 380 g/mol. The summed E-state index contributed by atoms with van der Waals surface area (Å²) in [6, 6.07) is 0.508. The van der Waals surface area contributed by atoms with Crippen molar-refractivity contribution in [3.05, 3.63) is 17.1 Å². The summed E-state index contributed by atoms with van der Waals surface area (Å²) in [6.45, 7) is 5.14. The Bertz CT molecular complexity index is 747. The molecule has 2 aliphatic heterocycles. The molecule has 3 heterocycles. The molecule has 7 nitrogen and oxygen atoms in total. The van der Waals surface area contributed by atoms with Crippen LogP contribution >= 0.6 is 12.4 Å². The SMILES string of the molecule is COC(=O)c1c(C)oc(C)c1S(=O)(=O)N1CCC(C2CCCN2)CC1.Cl. The minimum Gasteiger partial charge on any atom is -0.465 e. The average molecular weight is 407 g/mol. The molecule has 0 bridgehead atoms. The Hall–Kier alpha value is -1.09. The Labute approximate surface area is 160 Å². The van der Waals surface area contributed by atoms with Crippen LogP contribution in [0.1, 0.15) is 47.6 Å². The topological polar surface area (TPSA) is 88.8 Å². The number of furan rings is 1. The van der Waals surface area contributed by atoms with E-state index in [2.05, 4.69) is 5.32 Å². The molecule has 0 saturated carbocycles. The molecule has 2 aliphatic rings. The van der Waals surface area contributed by atoms with Gasteiger partial charge in [0.1, 0.15) is 22.0 Å². The highest BCUT2D eigenvalue weighted by Crippen LogP contribution is 2.33. The molecule has 9 heteroatoms. The lowest BCUT2D eigenvalue weighted by Gasteiger charge is -2.34. The van der Waals surface area contributed by atoms with Crippen molar-refractivity contribution in [3.8, 4) is 0 Å². The average Bonchev–Trinajstić information content (AvgIpc) is 3.22. The highest BCUT2D eigenvalue weighted by atomic mass is 35.5. The molecule has 26 heavy (non-hydrogen) atoms. The molecule has 0 aliphatic carbocycles. The van der Waals surface area contributed by atoms with Gasteiger partial charge in [0.05, 0.1) is 7.11 Å². The molecule has 148 valence electrons. The minimum atomic E-state index is -3.79. The van der Waals surface area contributed by atoms with E-state index < -0.39 is 16.0 Å². The molecule has 3 rings (SSSR count). The van der Waals surface area contributed by atoms with Crippen LogP contribution in [0.5, 0.6) is 0 Å². The van der Waals surface area contributed by atoms with E-state index in [9.17, 15) is 13.2 Å². The number of carbonyl (C=O) groups excluding carboxylic acids is 1. The van der Waals surface area contributed by atoms with Gasteiger partial charge in [0, 0.05) is 19.1 Å². The second-order valence-electron chi connectivity index (χ2n) is 6.85. The number of ether oxygens (including phenoxy) is 1. The molecule has 1 N–H and O–H groups in total. The van der Waals surface area contributed by atoms with E-state index in [1.54, 1.807) is 13.8 Å². The number of hydrogen-bond acceptors (Lipinski definition) is 6. The van der Waals surface area contributed by atoms with Gasteiger partial charge in [-0.25, -0.2) is 13.2 Å². The third-order valence-corrected chi connectivity index (χ3v) is 7.41. The van der Waals surface area contributed by atoms with Crippen LogP contribution < -0.4 is 5.32 Å². The van der Waals surface area contributed by atoms with Crippen molar-refractivity contribution in [2.45, 2.75) is 50.5 Å².